The number of carbonyl (C=O) groups is 2. The first kappa shape index (κ1) is 11.3. The van der Waals surface area contributed by atoms with Gasteiger partial charge in [0.05, 0.1) is 0 Å². The highest BCUT2D eigenvalue weighted by Crippen LogP contribution is 1.92. The number of aliphatic imine (C=N–C) groups is 1. The number of amides is 2. The summed E-state index contributed by atoms with van der Waals surface area (Å²) < 4.78 is 0. The number of hydrogen-bond acceptors (Lipinski definition) is 2. The summed E-state index contributed by atoms with van der Waals surface area (Å²) in [5.41, 5.74) is 4.86. The lowest BCUT2D eigenvalue weighted by molar-refractivity contribution is -0.114. The van der Waals surface area contributed by atoms with Gasteiger partial charge in [-0.1, -0.05) is 12.2 Å². The third-order valence-corrected chi connectivity index (χ3v) is 1.20. The van der Waals surface area contributed by atoms with Crippen LogP contribution in [0.4, 0.5) is 0 Å². The smallest absolute Gasteiger partial charge is 0.268 e. The van der Waals surface area contributed by atoms with E-state index in [9.17, 15) is 9.59 Å². The summed E-state index contributed by atoms with van der Waals surface area (Å²) in [5, 5.41) is 0. The minimum atomic E-state index is -0.465. The predicted octanol–water partition coefficient (Wildman–Crippen LogP) is 0.592. The lowest BCUT2D eigenvalue weighted by atomic mass is 10.2. The van der Waals surface area contributed by atoms with Crippen LogP contribution in [0.25, 0.3) is 0 Å². The first-order valence-corrected chi connectivity index (χ1v) is 3.80. The minimum absolute atomic E-state index is 0.362. The molecular formula is C9H12N2O2. The molecule has 70 valence electrons. The van der Waals surface area contributed by atoms with Crippen LogP contribution in [-0.2, 0) is 9.59 Å². The van der Waals surface area contributed by atoms with E-state index in [0.717, 1.165) is 0 Å². The highest BCUT2D eigenvalue weighted by Gasteiger charge is 1.85. The molecule has 0 bridgehead atoms. The molecule has 4 heteroatoms. The molecular weight excluding hydrogens is 168 g/mol. The van der Waals surface area contributed by atoms with Crippen LogP contribution in [0.5, 0.6) is 0 Å². The predicted molar refractivity (Wildman–Crippen MR) is 51.3 cm³/mol. The topological polar surface area (TPSA) is 72.5 Å². The summed E-state index contributed by atoms with van der Waals surface area (Å²) in [4.78, 5) is 23.9. The Bertz CT molecular complexity index is 254. The molecule has 0 atom stereocenters. The monoisotopic (exact) mass is 180 g/mol. The van der Waals surface area contributed by atoms with Gasteiger partial charge < -0.3 is 5.73 Å². The van der Waals surface area contributed by atoms with Crippen molar-refractivity contribution in [3.8, 4) is 0 Å². The van der Waals surface area contributed by atoms with E-state index >= 15 is 0 Å². The molecule has 2 N–H and O–H groups in total. The largest absolute Gasteiger partial charge is 0.366 e. The molecule has 0 aliphatic heterocycles. The van der Waals surface area contributed by atoms with Crippen LogP contribution in [0.3, 0.4) is 0 Å². The van der Waals surface area contributed by atoms with Crippen LogP contribution < -0.4 is 5.73 Å². The van der Waals surface area contributed by atoms with Gasteiger partial charge >= 0.3 is 0 Å². The van der Waals surface area contributed by atoms with Gasteiger partial charge in [-0.05, 0) is 25.6 Å². The van der Waals surface area contributed by atoms with Gasteiger partial charge in [-0.15, -0.1) is 0 Å². The summed E-state index contributed by atoms with van der Waals surface area (Å²) in [7, 11) is 0. The molecule has 0 rings (SSSR count). The van der Waals surface area contributed by atoms with E-state index in [0.29, 0.717) is 12.8 Å². The molecule has 0 fully saturated rings. The van der Waals surface area contributed by atoms with Crippen molar-refractivity contribution in [3.63, 3.8) is 0 Å². The van der Waals surface area contributed by atoms with E-state index < -0.39 is 5.91 Å². The zero-order valence-electron chi connectivity index (χ0n) is 7.27. The lowest BCUT2D eigenvalue weighted by Gasteiger charge is -1.85. The average molecular weight is 180 g/mol. The number of nitrogens with zero attached hydrogens (tertiary/aromatic N) is 1. The Balaban J connectivity index is 3.56. The van der Waals surface area contributed by atoms with Crippen LogP contribution in [0.15, 0.2) is 29.3 Å². The van der Waals surface area contributed by atoms with Crippen LogP contribution in [0, 0.1) is 0 Å². The molecule has 0 aromatic carbocycles. The highest BCUT2D eigenvalue weighted by molar-refractivity contribution is 5.90. The van der Waals surface area contributed by atoms with Gasteiger partial charge in [0.1, 0.15) is 0 Å². The Kier molecular flexibility index (Phi) is 6.05. The Morgan fingerprint density at radius 2 is 1.77 bits per heavy atom. The van der Waals surface area contributed by atoms with Gasteiger partial charge in [0, 0.05) is 6.08 Å². The summed E-state index contributed by atoms with van der Waals surface area (Å²) in [5.74, 6) is -0.827. The molecule has 0 aromatic rings. The van der Waals surface area contributed by atoms with Gasteiger partial charge in [0.15, 0.2) is 0 Å². The fraction of sp³-hybridized carbons (Fsp3) is 0.222. The molecule has 0 saturated heterocycles. The average Bonchev–Trinajstić information content (AvgIpc) is 2.10. The summed E-state index contributed by atoms with van der Waals surface area (Å²) in [6.07, 6.45) is 7.29. The molecule has 0 radical (unpaired) electrons. The maximum atomic E-state index is 10.5. The number of carbonyl (C=O) groups excluding carboxylic acids is 2. The zero-order chi connectivity index (χ0) is 10.1. The Hall–Kier alpha value is -1.71. The third kappa shape index (κ3) is 8.19. The summed E-state index contributed by atoms with van der Waals surface area (Å²) in [6, 6.07) is 0. The minimum Gasteiger partial charge on any atom is -0.366 e. The van der Waals surface area contributed by atoms with Crippen molar-refractivity contribution in [1.29, 1.82) is 0 Å². The molecule has 0 aliphatic rings. The fourth-order valence-electron chi connectivity index (χ4n) is 0.629. The first-order chi connectivity index (χ1) is 6.16. The second kappa shape index (κ2) is 6.97. The van der Waals surface area contributed by atoms with E-state index in [1.54, 1.807) is 12.2 Å². The van der Waals surface area contributed by atoms with Crippen molar-refractivity contribution < 1.29 is 9.59 Å². The quantitative estimate of drug-likeness (QED) is 0.382. The van der Waals surface area contributed by atoms with E-state index in [-0.39, 0.29) is 5.91 Å². The standard InChI is InChI=1S/C9H12N2O2/c1-11-9(13)7-5-3-2-4-6-8(10)12/h4-7H,1-3H2,(H2,10,12). The summed E-state index contributed by atoms with van der Waals surface area (Å²) in [6.45, 7) is 3.07. The van der Waals surface area contributed by atoms with Crippen molar-refractivity contribution in [2.24, 2.45) is 10.7 Å². The van der Waals surface area contributed by atoms with E-state index in [1.165, 1.54) is 12.2 Å². The number of primary amides is 1. The van der Waals surface area contributed by atoms with Gasteiger partial charge in [0.25, 0.3) is 5.91 Å². The normalized spacial score (nSPS) is 10.8. The van der Waals surface area contributed by atoms with Crippen LogP contribution in [0.1, 0.15) is 12.8 Å². The molecule has 13 heavy (non-hydrogen) atoms. The molecule has 0 unspecified atom stereocenters. The van der Waals surface area contributed by atoms with E-state index in [4.69, 9.17) is 5.73 Å². The molecule has 0 aliphatic carbocycles. The summed E-state index contributed by atoms with van der Waals surface area (Å²) >= 11 is 0. The fourth-order valence-corrected chi connectivity index (χ4v) is 0.629. The lowest BCUT2D eigenvalue weighted by Crippen LogP contribution is -2.05. The SMILES string of the molecule is C=NC(=O)C=CCCC=CC(N)=O. The van der Waals surface area contributed by atoms with E-state index in [2.05, 4.69) is 11.7 Å². The van der Waals surface area contributed by atoms with Gasteiger partial charge in [-0.25, -0.2) is 4.99 Å². The van der Waals surface area contributed by atoms with Crippen LogP contribution in [0.2, 0.25) is 0 Å². The number of unbranched alkanes of at least 4 members (excludes halogenated alkanes) is 1. The second-order valence-corrected chi connectivity index (χ2v) is 2.28. The Morgan fingerprint density at radius 3 is 2.23 bits per heavy atom. The first-order valence-electron chi connectivity index (χ1n) is 3.80. The van der Waals surface area contributed by atoms with Crippen molar-refractivity contribution in [2.75, 3.05) is 0 Å². The van der Waals surface area contributed by atoms with Crippen molar-refractivity contribution in [2.45, 2.75) is 12.8 Å². The molecule has 4 nitrogen and oxygen atoms in total. The molecule has 0 aromatic heterocycles. The number of rotatable bonds is 5. The van der Waals surface area contributed by atoms with Crippen molar-refractivity contribution in [3.05, 3.63) is 24.3 Å². The number of nitrogens with two attached hydrogens (primary N) is 1. The maximum absolute atomic E-state index is 10.5. The third-order valence-electron chi connectivity index (χ3n) is 1.20. The van der Waals surface area contributed by atoms with Crippen molar-refractivity contribution in [1.82, 2.24) is 0 Å². The second-order valence-electron chi connectivity index (χ2n) is 2.28. The zero-order valence-corrected chi connectivity index (χ0v) is 7.27. The molecule has 0 saturated carbocycles. The molecule has 0 spiro atoms. The highest BCUT2D eigenvalue weighted by atomic mass is 16.1. The Morgan fingerprint density at radius 1 is 1.23 bits per heavy atom. The van der Waals surface area contributed by atoms with Gasteiger partial charge in [-0.3, -0.25) is 9.59 Å². The number of hydrogen-bond donors (Lipinski definition) is 1. The number of allylic oxidation sites excluding steroid dienone is 2. The van der Waals surface area contributed by atoms with Gasteiger partial charge in [0.2, 0.25) is 5.91 Å². The van der Waals surface area contributed by atoms with E-state index in [1.807, 2.05) is 0 Å². The molecule has 0 heterocycles. The van der Waals surface area contributed by atoms with Gasteiger partial charge in [-0.2, -0.15) is 0 Å². The van der Waals surface area contributed by atoms with Crippen LogP contribution >= 0.6 is 0 Å². The van der Waals surface area contributed by atoms with Crippen molar-refractivity contribution >= 4 is 18.5 Å². The molecule has 2 amide bonds. The maximum Gasteiger partial charge on any atom is 0.268 e. The Labute approximate surface area is 76.8 Å². The van der Waals surface area contributed by atoms with Crippen LogP contribution in [-0.4, -0.2) is 18.5 Å².